The van der Waals surface area contributed by atoms with Crippen molar-refractivity contribution in [3.63, 3.8) is 0 Å². The van der Waals surface area contributed by atoms with Gasteiger partial charge >= 0.3 is 0 Å². The van der Waals surface area contributed by atoms with Crippen molar-refractivity contribution in [2.75, 3.05) is 0 Å². The average molecular weight is 287 g/mol. The van der Waals surface area contributed by atoms with Crippen LogP contribution in [0.5, 0.6) is 0 Å². The van der Waals surface area contributed by atoms with Crippen molar-refractivity contribution in [2.24, 2.45) is 0 Å². The van der Waals surface area contributed by atoms with Crippen LogP contribution in [0.4, 0.5) is 0 Å². The molecule has 0 aliphatic carbocycles. The van der Waals surface area contributed by atoms with Crippen LogP contribution < -0.4 is 10.9 Å². The van der Waals surface area contributed by atoms with Crippen LogP contribution in [0.25, 0.3) is 0 Å². The number of hydrogen-bond acceptors (Lipinski definition) is 2. The van der Waals surface area contributed by atoms with E-state index in [9.17, 15) is 9.59 Å². The molecule has 1 N–H and O–H groups in total. The zero-order valence-electron chi connectivity index (χ0n) is 9.58. The van der Waals surface area contributed by atoms with Gasteiger partial charge in [-0.3, -0.25) is 9.59 Å². The molecule has 0 fully saturated rings. The number of nitrogens with zero attached hydrogens (tertiary/aromatic N) is 1. The average Bonchev–Trinajstić information content (AvgIpc) is 2.08. The summed E-state index contributed by atoms with van der Waals surface area (Å²) in [5, 5.41) is 2.80. The van der Waals surface area contributed by atoms with Crippen LogP contribution in [0.15, 0.2) is 27.6 Å². The summed E-state index contributed by atoms with van der Waals surface area (Å²) in [5.74, 6) is -0.173. The van der Waals surface area contributed by atoms with Crippen LogP contribution in [0.2, 0.25) is 0 Å². The molecule has 5 heteroatoms. The number of rotatable bonds is 2. The maximum atomic E-state index is 11.6. The van der Waals surface area contributed by atoms with Gasteiger partial charge < -0.3 is 9.88 Å². The van der Waals surface area contributed by atoms with Crippen LogP contribution in [-0.2, 0) is 11.3 Å². The maximum absolute atomic E-state index is 11.6. The van der Waals surface area contributed by atoms with Crippen LogP contribution in [-0.4, -0.2) is 16.0 Å². The van der Waals surface area contributed by atoms with Crippen LogP contribution >= 0.6 is 15.9 Å². The lowest BCUT2D eigenvalue weighted by molar-refractivity contribution is -0.123. The summed E-state index contributed by atoms with van der Waals surface area (Å²) in [6.45, 7) is 5.73. The van der Waals surface area contributed by atoms with Crippen molar-refractivity contribution < 1.29 is 4.79 Å². The molecule has 0 aromatic carbocycles. The first-order valence-electron chi connectivity index (χ1n) is 4.95. The first-order chi connectivity index (χ1) is 7.28. The molecular weight excluding hydrogens is 272 g/mol. The largest absolute Gasteiger partial charge is 0.350 e. The summed E-state index contributed by atoms with van der Waals surface area (Å²) in [6, 6.07) is 3.08. The van der Waals surface area contributed by atoms with Gasteiger partial charge in [-0.25, -0.2) is 0 Å². The van der Waals surface area contributed by atoms with E-state index in [4.69, 9.17) is 0 Å². The number of pyridine rings is 1. The highest BCUT2D eigenvalue weighted by molar-refractivity contribution is 9.10. The summed E-state index contributed by atoms with van der Waals surface area (Å²) < 4.78 is 2.14. The number of amides is 1. The second-order valence-corrected chi connectivity index (χ2v) is 5.53. The first-order valence-corrected chi connectivity index (χ1v) is 5.74. The van der Waals surface area contributed by atoms with Gasteiger partial charge in [-0.2, -0.15) is 0 Å². The molecule has 0 atom stereocenters. The maximum Gasteiger partial charge on any atom is 0.251 e. The van der Waals surface area contributed by atoms with Gasteiger partial charge in [0, 0.05) is 22.3 Å². The van der Waals surface area contributed by atoms with Gasteiger partial charge in [-0.05, 0) is 42.8 Å². The number of hydrogen-bond donors (Lipinski definition) is 1. The minimum atomic E-state index is -0.285. The Morgan fingerprint density at radius 3 is 2.62 bits per heavy atom. The summed E-state index contributed by atoms with van der Waals surface area (Å²) in [7, 11) is 0. The second kappa shape index (κ2) is 4.82. The molecule has 1 aromatic heterocycles. The van der Waals surface area contributed by atoms with Gasteiger partial charge in [0.1, 0.15) is 6.54 Å². The van der Waals surface area contributed by atoms with E-state index in [2.05, 4.69) is 21.2 Å². The molecule has 0 aliphatic heterocycles. The number of aromatic nitrogens is 1. The van der Waals surface area contributed by atoms with Crippen LogP contribution in [0.3, 0.4) is 0 Å². The number of carbonyl (C=O) groups excluding carboxylic acids is 1. The van der Waals surface area contributed by atoms with E-state index < -0.39 is 0 Å². The predicted molar refractivity (Wildman–Crippen MR) is 66.3 cm³/mol. The third kappa shape index (κ3) is 4.18. The zero-order valence-corrected chi connectivity index (χ0v) is 11.2. The lowest BCUT2D eigenvalue weighted by Crippen LogP contribution is -2.43. The lowest BCUT2D eigenvalue weighted by atomic mass is 10.1. The topological polar surface area (TPSA) is 51.1 Å². The molecule has 0 saturated heterocycles. The SMILES string of the molecule is CC(C)(C)NC(=O)Cn1cc(Br)ccc1=O. The molecule has 1 aromatic rings. The van der Waals surface area contributed by atoms with E-state index in [1.165, 1.54) is 10.6 Å². The summed E-state index contributed by atoms with van der Waals surface area (Å²) >= 11 is 3.26. The fourth-order valence-electron chi connectivity index (χ4n) is 1.24. The predicted octanol–water partition coefficient (Wildman–Crippen LogP) is 1.53. The highest BCUT2D eigenvalue weighted by atomic mass is 79.9. The van der Waals surface area contributed by atoms with E-state index in [1.54, 1.807) is 12.3 Å². The van der Waals surface area contributed by atoms with Crippen molar-refractivity contribution in [2.45, 2.75) is 32.9 Å². The fraction of sp³-hybridized carbons (Fsp3) is 0.455. The minimum Gasteiger partial charge on any atom is -0.350 e. The Bertz CT molecular complexity index is 446. The van der Waals surface area contributed by atoms with Gasteiger partial charge in [0.05, 0.1) is 0 Å². The molecule has 1 amide bonds. The molecule has 1 rings (SSSR count). The van der Waals surface area contributed by atoms with E-state index in [-0.39, 0.29) is 23.6 Å². The normalized spacial score (nSPS) is 11.2. The smallest absolute Gasteiger partial charge is 0.251 e. The third-order valence-corrected chi connectivity index (χ3v) is 2.24. The molecular formula is C11H15BrN2O2. The molecule has 16 heavy (non-hydrogen) atoms. The monoisotopic (exact) mass is 286 g/mol. The standard InChI is InChI=1S/C11H15BrN2O2/c1-11(2,3)13-9(15)7-14-6-8(12)4-5-10(14)16/h4-6H,7H2,1-3H3,(H,13,15). The molecule has 0 spiro atoms. The molecule has 1 heterocycles. The number of halogens is 1. The van der Waals surface area contributed by atoms with Gasteiger partial charge in [0.2, 0.25) is 5.91 Å². The van der Waals surface area contributed by atoms with E-state index in [0.717, 1.165) is 4.47 Å². The highest BCUT2D eigenvalue weighted by Gasteiger charge is 2.14. The Hall–Kier alpha value is -1.10. The first kappa shape index (κ1) is 13.0. The van der Waals surface area contributed by atoms with E-state index in [1.807, 2.05) is 20.8 Å². The van der Waals surface area contributed by atoms with Gasteiger partial charge in [-0.15, -0.1) is 0 Å². The quantitative estimate of drug-likeness (QED) is 0.896. The van der Waals surface area contributed by atoms with Crippen LogP contribution in [0, 0.1) is 0 Å². The van der Waals surface area contributed by atoms with Crippen LogP contribution in [0.1, 0.15) is 20.8 Å². The minimum absolute atomic E-state index is 0.0372. The van der Waals surface area contributed by atoms with Gasteiger partial charge in [-0.1, -0.05) is 0 Å². The summed E-state index contributed by atoms with van der Waals surface area (Å²) in [4.78, 5) is 23.0. The third-order valence-electron chi connectivity index (χ3n) is 1.78. The molecule has 0 bridgehead atoms. The van der Waals surface area contributed by atoms with Crippen molar-refractivity contribution >= 4 is 21.8 Å². The Kier molecular flexibility index (Phi) is 3.91. The molecule has 0 aliphatic rings. The Morgan fingerprint density at radius 2 is 2.06 bits per heavy atom. The Morgan fingerprint density at radius 1 is 1.44 bits per heavy atom. The summed E-state index contributed by atoms with van der Waals surface area (Å²) in [6.07, 6.45) is 1.60. The molecule has 0 saturated carbocycles. The number of nitrogens with one attached hydrogen (secondary N) is 1. The van der Waals surface area contributed by atoms with Crippen molar-refractivity contribution in [1.82, 2.24) is 9.88 Å². The Labute approximate surface area is 103 Å². The molecule has 4 nitrogen and oxygen atoms in total. The Balaban J connectivity index is 2.77. The molecule has 88 valence electrons. The summed E-state index contributed by atoms with van der Waals surface area (Å²) in [5.41, 5.74) is -0.473. The van der Waals surface area contributed by atoms with E-state index in [0.29, 0.717) is 0 Å². The van der Waals surface area contributed by atoms with Crippen molar-refractivity contribution in [3.8, 4) is 0 Å². The highest BCUT2D eigenvalue weighted by Crippen LogP contribution is 2.05. The van der Waals surface area contributed by atoms with Gasteiger partial charge in [0.25, 0.3) is 5.56 Å². The molecule has 0 radical (unpaired) electrons. The van der Waals surface area contributed by atoms with Gasteiger partial charge in [0.15, 0.2) is 0 Å². The van der Waals surface area contributed by atoms with Crippen molar-refractivity contribution in [1.29, 1.82) is 0 Å². The molecule has 0 unspecified atom stereocenters. The number of carbonyl (C=O) groups is 1. The fourth-order valence-corrected chi connectivity index (χ4v) is 1.62. The lowest BCUT2D eigenvalue weighted by Gasteiger charge is -2.20. The second-order valence-electron chi connectivity index (χ2n) is 4.61. The van der Waals surface area contributed by atoms with Crippen molar-refractivity contribution in [3.05, 3.63) is 33.2 Å². The van der Waals surface area contributed by atoms with E-state index >= 15 is 0 Å². The zero-order chi connectivity index (χ0) is 12.3.